The monoisotopic (exact) mass is 114 g/mol. The van der Waals surface area contributed by atoms with Crippen molar-refractivity contribution in [3.05, 3.63) is 0 Å². The summed E-state index contributed by atoms with van der Waals surface area (Å²) in [6, 6.07) is 0.422. The molecule has 0 amide bonds. The lowest BCUT2D eigenvalue weighted by Crippen LogP contribution is -2.38. The number of hydrogen-bond acceptors (Lipinski definition) is 1. The first-order valence-corrected chi connectivity index (χ1v) is 3.07. The van der Waals surface area contributed by atoms with E-state index in [9.17, 15) is 0 Å². The maximum atomic E-state index is 5.30. The molecule has 0 aliphatic carbocycles. The smallest absolute Gasteiger partial charge is 0.0688 e. The Hall–Kier alpha value is -0.0800. The molecule has 1 heterocycles. The van der Waals surface area contributed by atoms with Crippen LogP contribution in [-0.2, 0) is 4.74 Å². The summed E-state index contributed by atoms with van der Waals surface area (Å²) in [4.78, 5) is 0. The maximum absolute atomic E-state index is 5.30. The lowest BCUT2D eigenvalue weighted by molar-refractivity contribution is 0.0176. The highest BCUT2D eigenvalue weighted by Gasteiger charge is 2.13. The topological polar surface area (TPSA) is 23.3 Å². The summed E-state index contributed by atoms with van der Waals surface area (Å²) >= 11 is 0. The molecule has 0 spiro atoms. The molecule has 0 unspecified atom stereocenters. The number of morpholine rings is 1. The molecule has 1 rings (SSSR count). The fourth-order valence-corrected chi connectivity index (χ4v) is 0.737. The molecule has 1 radical (unpaired) electrons. The van der Waals surface area contributed by atoms with Crippen LogP contribution in [0.15, 0.2) is 0 Å². The van der Waals surface area contributed by atoms with Crippen molar-refractivity contribution in [1.82, 2.24) is 5.32 Å². The second-order valence-electron chi connectivity index (χ2n) is 2.36. The van der Waals surface area contributed by atoms with Crippen molar-refractivity contribution in [2.75, 3.05) is 13.2 Å². The SMILES string of the molecule is C[C@H]1CO[C@@H](C)C[N]1. The number of hydrogen-bond donors (Lipinski definition) is 0. The molecule has 0 aromatic carbocycles. The van der Waals surface area contributed by atoms with Crippen LogP contribution in [0.25, 0.3) is 0 Å². The molecule has 0 N–H and O–H groups in total. The van der Waals surface area contributed by atoms with E-state index in [2.05, 4.69) is 19.2 Å². The highest BCUT2D eigenvalue weighted by atomic mass is 16.5. The van der Waals surface area contributed by atoms with Crippen LogP contribution in [-0.4, -0.2) is 25.3 Å². The molecule has 1 fully saturated rings. The quantitative estimate of drug-likeness (QED) is 0.447. The van der Waals surface area contributed by atoms with Crippen LogP contribution >= 0.6 is 0 Å². The van der Waals surface area contributed by atoms with Gasteiger partial charge in [0.05, 0.1) is 12.7 Å². The number of ether oxygens (including phenoxy) is 1. The van der Waals surface area contributed by atoms with E-state index in [0.717, 1.165) is 13.2 Å². The summed E-state index contributed by atoms with van der Waals surface area (Å²) in [6.45, 7) is 5.81. The Morgan fingerprint density at radius 2 is 2.25 bits per heavy atom. The molecule has 0 aromatic heterocycles. The second-order valence-corrected chi connectivity index (χ2v) is 2.36. The van der Waals surface area contributed by atoms with Gasteiger partial charge in [-0.2, -0.15) is 0 Å². The minimum absolute atomic E-state index is 0.353. The summed E-state index contributed by atoms with van der Waals surface area (Å²) in [5.41, 5.74) is 0. The molecule has 2 atom stereocenters. The molecule has 2 heteroatoms. The summed E-state index contributed by atoms with van der Waals surface area (Å²) in [5, 5.41) is 4.29. The van der Waals surface area contributed by atoms with Gasteiger partial charge in [0.2, 0.25) is 0 Å². The molecule has 0 bridgehead atoms. The zero-order chi connectivity index (χ0) is 5.98. The molecule has 0 saturated carbocycles. The van der Waals surface area contributed by atoms with Crippen molar-refractivity contribution in [1.29, 1.82) is 0 Å². The van der Waals surface area contributed by atoms with E-state index in [0.29, 0.717) is 12.1 Å². The standard InChI is InChI=1S/C6H12NO/c1-5-4-8-6(2)3-7-5/h5-6H,3-4H2,1-2H3/t5-,6-/m0/s1. The Morgan fingerprint density at radius 3 is 2.62 bits per heavy atom. The maximum Gasteiger partial charge on any atom is 0.0688 e. The first-order valence-electron chi connectivity index (χ1n) is 3.07. The average molecular weight is 114 g/mol. The predicted octanol–water partition coefficient (Wildman–Crippen LogP) is 0.398. The molecule has 47 valence electrons. The van der Waals surface area contributed by atoms with Crippen molar-refractivity contribution in [2.45, 2.75) is 26.0 Å². The minimum atomic E-state index is 0.353. The first-order chi connectivity index (χ1) is 3.79. The third-order valence-corrected chi connectivity index (χ3v) is 1.30. The van der Waals surface area contributed by atoms with E-state index in [1.54, 1.807) is 0 Å². The van der Waals surface area contributed by atoms with Gasteiger partial charge in [0, 0.05) is 12.6 Å². The van der Waals surface area contributed by atoms with Gasteiger partial charge in [-0.25, -0.2) is 5.32 Å². The number of rotatable bonds is 0. The van der Waals surface area contributed by atoms with Crippen molar-refractivity contribution < 1.29 is 4.74 Å². The zero-order valence-electron chi connectivity index (χ0n) is 5.42. The van der Waals surface area contributed by atoms with Gasteiger partial charge in [-0.05, 0) is 13.8 Å². The van der Waals surface area contributed by atoms with E-state index in [1.165, 1.54) is 0 Å². The molecule has 2 nitrogen and oxygen atoms in total. The first kappa shape index (κ1) is 6.05. The van der Waals surface area contributed by atoms with Crippen LogP contribution in [0.5, 0.6) is 0 Å². The summed E-state index contributed by atoms with van der Waals surface area (Å²) < 4.78 is 5.30. The van der Waals surface area contributed by atoms with Gasteiger partial charge >= 0.3 is 0 Å². The van der Waals surface area contributed by atoms with Crippen LogP contribution < -0.4 is 5.32 Å². The second kappa shape index (κ2) is 2.46. The molecule has 1 aliphatic rings. The Labute approximate surface area is 50.2 Å². The average Bonchev–Trinajstić information content (AvgIpc) is 1.77. The zero-order valence-corrected chi connectivity index (χ0v) is 5.42. The predicted molar refractivity (Wildman–Crippen MR) is 31.9 cm³/mol. The highest BCUT2D eigenvalue weighted by Crippen LogP contribution is 1.99. The molecule has 8 heavy (non-hydrogen) atoms. The van der Waals surface area contributed by atoms with Crippen molar-refractivity contribution in [3.8, 4) is 0 Å². The summed E-state index contributed by atoms with van der Waals surface area (Å²) in [6.07, 6.45) is 0.353. The van der Waals surface area contributed by atoms with Gasteiger partial charge < -0.3 is 4.74 Å². The van der Waals surface area contributed by atoms with Crippen LogP contribution in [0.3, 0.4) is 0 Å². The Kier molecular flexibility index (Phi) is 1.86. The molecular formula is C6H12NO. The van der Waals surface area contributed by atoms with E-state index >= 15 is 0 Å². The van der Waals surface area contributed by atoms with E-state index in [1.807, 2.05) is 0 Å². The van der Waals surface area contributed by atoms with E-state index < -0.39 is 0 Å². The summed E-state index contributed by atoms with van der Waals surface area (Å²) in [7, 11) is 0. The van der Waals surface area contributed by atoms with Crippen LogP contribution in [0.2, 0.25) is 0 Å². The largest absolute Gasteiger partial charge is 0.375 e. The van der Waals surface area contributed by atoms with Crippen LogP contribution in [0.4, 0.5) is 0 Å². The van der Waals surface area contributed by atoms with Crippen LogP contribution in [0.1, 0.15) is 13.8 Å². The lowest BCUT2D eigenvalue weighted by Gasteiger charge is -2.23. The minimum Gasteiger partial charge on any atom is -0.375 e. The highest BCUT2D eigenvalue weighted by molar-refractivity contribution is 4.67. The molecule has 1 saturated heterocycles. The van der Waals surface area contributed by atoms with Crippen molar-refractivity contribution in [2.24, 2.45) is 0 Å². The molecule has 0 aromatic rings. The van der Waals surface area contributed by atoms with E-state index in [-0.39, 0.29) is 0 Å². The van der Waals surface area contributed by atoms with Gasteiger partial charge in [0.25, 0.3) is 0 Å². The van der Waals surface area contributed by atoms with E-state index in [4.69, 9.17) is 4.74 Å². The van der Waals surface area contributed by atoms with Crippen LogP contribution in [0, 0.1) is 0 Å². The molecule has 1 aliphatic heterocycles. The van der Waals surface area contributed by atoms with Crippen molar-refractivity contribution in [3.63, 3.8) is 0 Å². The number of nitrogens with zero attached hydrogens (tertiary/aromatic N) is 1. The Balaban J connectivity index is 2.19. The van der Waals surface area contributed by atoms with Gasteiger partial charge in [0.1, 0.15) is 0 Å². The van der Waals surface area contributed by atoms with Gasteiger partial charge in [0.15, 0.2) is 0 Å². The fraction of sp³-hybridized carbons (Fsp3) is 1.00. The van der Waals surface area contributed by atoms with Gasteiger partial charge in [-0.15, -0.1) is 0 Å². The van der Waals surface area contributed by atoms with Gasteiger partial charge in [-0.1, -0.05) is 0 Å². The van der Waals surface area contributed by atoms with Crippen molar-refractivity contribution >= 4 is 0 Å². The lowest BCUT2D eigenvalue weighted by atomic mass is 10.3. The normalized spacial score (nSPS) is 39.8. The molecular weight excluding hydrogens is 102 g/mol. The third kappa shape index (κ3) is 1.46. The fourth-order valence-electron chi connectivity index (χ4n) is 0.737. The Morgan fingerprint density at radius 1 is 1.50 bits per heavy atom. The Bertz CT molecular complexity index is 56.9. The third-order valence-electron chi connectivity index (χ3n) is 1.30. The summed E-state index contributed by atoms with van der Waals surface area (Å²) in [5.74, 6) is 0. The van der Waals surface area contributed by atoms with Gasteiger partial charge in [-0.3, -0.25) is 0 Å².